The molecule has 0 saturated heterocycles. The van der Waals surface area contributed by atoms with Gasteiger partial charge in [0.15, 0.2) is 0 Å². The number of alkyl halides is 2. The highest BCUT2D eigenvalue weighted by Gasteiger charge is 2.58. The second-order valence-corrected chi connectivity index (χ2v) is 9.89. The molecule has 6 rings (SSSR count). The Balaban J connectivity index is 1.45. The maximum Gasteiger partial charge on any atom is 0.281 e. The van der Waals surface area contributed by atoms with Crippen molar-refractivity contribution in [3.8, 4) is 22.4 Å². The smallest absolute Gasteiger partial charge is 0.281 e. The molecule has 0 unspecified atom stereocenters. The molecule has 0 atom stereocenters. The van der Waals surface area contributed by atoms with Gasteiger partial charge in [-0.1, -0.05) is 42.5 Å². The third kappa shape index (κ3) is 3.70. The minimum atomic E-state index is -2.78. The van der Waals surface area contributed by atoms with Gasteiger partial charge >= 0.3 is 0 Å². The van der Waals surface area contributed by atoms with Gasteiger partial charge in [0.1, 0.15) is 11.5 Å². The Morgan fingerprint density at radius 1 is 0.971 bits per heavy atom. The van der Waals surface area contributed by atoms with E-state index in [4.69, 9.17) is 5.73 Å². The fourth-order valence-corrected chi connectivity index (χ4v) is 5.51. The average molecular weight is 476 g/mol. The normalized spacial score (nSPS) is 24.1. The molecule has 2 aliphatic rings. The van der Waals surface area contributed by atoms with Gasteiger partial charge in [-0.15, -0.1) is 0 Å². The molecule has 3 N–H and O–H groups in total. The lowest BCUT2D eigenvalue weighted by molar-refractivity contribution is -0.106. The van der Waals surface area contributed by atoms with Crippen molar-refractivity contribution in [3.05, 3.63) is 83.9 Å². The summed E-state index contributed by atoms with van der Waals surface area (Å²) in [6, 6.07) is 16.9. The highest BCUT2D eigenvalue weighted by atomic mass is 19.3. The van der Waals surface area contributed by atoms with Crippen LogP contribution in [0, 0.1) is 11.7 Å². The predicted octanol–water partition coefficient (Wildman–Crippen LogP) is 6.13. The molecule has 0 radical (unpaired) electrons. The molecule has 0 aliphatic heterocycles. The van der Waals surface area contributed by atoms with Crippen LogP contribution in [0.3, 0.4) is 0 Å². The number of rotatable bonds is 5. The van der Waals surface area contributed by atoms with Crippen LogP contribution in [-0.4, -0.2) is 20.7 Å². The Hall–Kier alpha value is -3.29. The quantitative estimate of drug-likeness (QED) is 0.364. The molecule has 35 heavy (non-hydrogen) atoms. The van der Waals surface area contributed by atoms with Gasteiger partial charge in [0.05, 0.1) is 16.8 Å². The van der Waals surface area contributed by atoms with E-state index in [0.717, 1.165) is 18.4 Å². The molecule has 2 aliphatic carbocycles. The summed E-state index contributed by atoms with van der Waals surface area (Å²) >= 11 is 0. The Labute approximate surface area is 200 Å². The SMILES string of the molecule is NC1(c2ccc(-c3nc4ccnc(C(F)F)c4cc3-c3ccccc3F)cc2)CC(O)(C2CC2)C1. The second-order valence-electron chi connectivity index (χ2n) is 9.89. The third-order valence-corrected chi connectivity index (χ3v) is 7.46. The van der Waals surface area contributed by atoms with Crippen LogP contribution in [0.1, 0.15) is 43.4 Å². The number of nitrogens with zero attached hydrogens (tertiary/aromatic N) is 2. The molecule has 2 aromatic heterocycles. The summed E-state index contributed by atoms with van der Waals surface area (Å²) in [5.41, 5.74) is 8.14. The van der Waals surface area contributed by atoms with E-state index in [-0.39, 0.29) is 16.6 Å². The molecule has 2 saturated carbocycles. The lowest BCUT2D eigenvalue weighted by Crippen LogP contribution is -2.60. The van der Waals surface area contributed by atoms with Crippen LogP contribution in [0.25, 0.3) is 33.3 Å². The van der Waals surface area contributed by atoms with Gasteiger partial charge in [0.25, 0.3) is 6.43 Å². The van der Waals surface area contributed by atoms with Gasteiger partial charge in [0, 0.05) is 33.8 Å². The summed E-state index contributed by atoms with van der Waals surface area (Å²) in [4.78, 5) is 8.51. The van der Waals surface area contributed by atoms with E-state index < -0.39 is 23.4 Å². The molecule has 178 valence electrons. The van der Waals surface area contributed by atoms with Gasteiger partial charge in [-0.3, -0.25) is 4.98 Å². The third-order valence-electron chi connectivity index (χ3n) is 7.46. The van der Waals surface area contributed by atoms with Crippen LogP contribution in [0.5, 0.6) is 0 Å². The van der Waals surface area contributed by atoms with Gasteiger partial charge < -0.3 is 10.8 Å². The van der Waals surface area contributed by atoms with E-state index >= 15 is 0 Å². The molecular weight excluding hydrogens is 451 g/mol. The van der Waals surface area contributed by atoms with Crippen molar-refractivity contribution in [2.45, 2.75) is 43.2 Å². The number of aromatic nitrogens is 2. The van der Waals surface area contributed by atoms with E-state index in [2.05, 4.69) is 9.97 Å². The maximum absolute atomic E-state index is 14.8. The van der Waals surface area contributed by atoms with Gasteiger partial charge in [-0.25, -0.2) is 18.2 Å². The topological polar surface area (TPSA) is 72.0 Å². The number of hydrogen-bond donors (Lipinski definition) is 2. The van der Waals surface area contributed by atoms with E-state index in [9.17, 15) is 18.3 Å². The Morgan fingerprint density at radius 3 is 2.34 bits per heavy atom. The summed E-state index contributed by atoms with van der Waals surface area (Å²) < 4.78 is 42.1. The zero-order valence-corrected chi connectivity index (χ0v) is 18.9. The largest absolute Gasteiger partial charge is 0.389 e. The summed E-state index contributed by atoms with van der Waals surface area (Å²) in [6.45, 7) is 0. The lowest BCUT2D eigenvalue weighted by atomic mass is 9.60. The van der Waals surface area contributed by atoms with E-state index in [0.29, 0.717) is 41.1 Å². The number of nitrogens with two attached hydrogens (primary N) is 1. The molecule has 0 bridgehead atoms. The highest BCUT2D eigenvalue weighted by Crippen LogP contribution is 2.57. The standard InChI is InChI=1S/C28H24F3N3O/c29-22-4-2-1-3-19(22)20-13-21-23(11-12-33-25(21)26(30)31)34-24(20)16-5-7-17(8-6-16)27(32)14-28(35,15-27)18-9-10-18/h1-8,11-13,18,26,35H,9-10,14-15,32H2. The molecule has 2 fully saturated rings. The molecular formula is C28H24F3N3O. The van der Waals surface area contributed by atoms with Crippen LogP contribution in [-0.2, 0) is 5.54 Å². The molecule has 2 heterocycles. The van der Waals surface area contributed by atoms with Crippen LogP contribution >= 0.6 is 0 Å². The first-order valence-corrected chi connectivity index (χ1v) is 11.7. The number of halogens is 3. The van der Waals surface area contributed by atoms with Crippen LogP contribution in [0.4, 0.5) is 13.2 Å². The first kappa shape index (κ1) is 22.2. The zero-order chi connectivity index (χ0) is 24.4. The van der Waals surface area contributed by atoms with Crippen LogP contribution in [0.2, 0.25) is 0 Å². The first-order valence-electron chi connectivity index (χ1n) is 11.7. The van der Waals surface area contributed by atoms with Crippen molar-refractivity contribution in [3.63, 3.8) is 0 Å². The summed E-state index contributed by atoms with van der Waals surface area (Å²) in [7, 11) is 0. The molecule has 0 amide bonds. The summed E-state index contributed by atoms with van der Waals surface area (Å²) in [5, 5.41) is 10.9. The van der Waals surface area contributed by atoms with E-state index in [1.807, 2.05) is 24.3 Å². The molecule has 7 heteroatoms. The molecule has 0 spiro atoms. The Bertz CT molecular complexity index is 1430. The maximum atomic E-state index is 14.8. The summed E-state index contributed by atoms with van der Waals surface area (Å²) in [5.74, 6) is -0.111. The fourth-order valence-electron chi connectivity index (χ4n) is 5.51. The van der Waals surface area contributed by atoms with Crippen molar-refractivity contribution in [2.75, 3.05) is 0 Å². The molecule has 4 aromatic rings. The summed E-state index contributed by atoms with van der Waals surface area (Å²) in [6.07, 6.45) is 1.70. The van der Waals surface area contributed by atoms with E-state index in [1.54, 1.807) is 30.3 Å². The van der Waals surface area contributed by atoms with Crippen molar-refractivity contribution >= 4 is 10.9 Å². The molecule has 2 aromatic carbocycles. The number of hydrogen-bond acceptors (Lipinski definition) is 4. The predicted molar refractivity (Wildman–Crippen MR) is 128 cm³/mol. The minimum Gasteiger partial charge on any atom is -0.389 e. The van der Waals surface area contributed by atoms with Crippen LogP contribution in [0.15, 0.2) is 66.9 Å². The van der Waals surface area contributed by atoms with Gasteiger partial charge in [-0.05, 0) is 55.4 Å². The molecule has 4 nitrogen and oxygen atoms in total. The van der Waals surface area contributed by atoms with Crippen molar-refractivity contribution in [1.29, 1.82) is 0 Å². The Kier molecular flexibility index (Phi) is 4.99. The Morgan fingerprint density at radius 2 is 1.69 bits per heavy atom. The zero-order valence-electron chi connectivity index (χ0n) is 18.9. The highest BCUT2D eigenvalue weighted by molar-refractivity contribution is 5.92. The fraction of sp³-hybridized carbons (Fsp3) is 0.286. The van der Waals surface area contributed by atoms with Gasteiger partial charge in [0.2, 0.25) is 0 Å². The average Bonchev–Trinajstić information content (AvgIpc) is 3.68. The van der Waals surface area contributed by atoms with Crippen molar-refractivity contribution in [1.82, 2.24) is 9.97 Å². The van der Waals surface area contributed by atoms with Crippen molar-refractivity contribution < 1.29 is 18.3 Å². The van der Waals surface area contributed by atoms with Crippen LogP contribution < -0.4 is 5.73 Å². The van der Waals surface area contributed by atoms with Crippen molar-refractivity contribution in [2.24, 2.45) is 11.7 Å². The second kappa shape index (κ2) is 7.86. The number of pyridine rings is 2. The number of fused-ring (bicyclic) bond motifs is 1. The van der Waals surface area contributed by atoms with E-state index in [1.165, 1.54) is 12.3 Å². The monoisotopic (exact) mass is 475 g/mol. The lowest BCUT2D eigenvalue weighted by Gasteiger charge is -2.52. The first-order chi connectivity index (χ1) is 16.8. The number of aliphatic hydroxyl groups is 1. The van der Waals surface area contributed by atoms with Gasteiger partial charge in [-0.2, -0.15) is 0 Å². The minimum absolute atomic E-state index is 0.191. The number of benzene rings is 2.